The Kier molecular flexibility index (Phi) is 3.53. The van der Waals surface area contributed by atoms with Crippen LogP contribution in [0.4, 0.5) is 0 Å². The zero-order valence-electron chi connectivity index (χ0n) is 14.7. The monoisotopic (exact) mass is 354 g/mol. The summed E-state index contributed by atoms with van der Waals surface area (Å²) in [6.07, 6.45) is 7.24. The van der Waals surface area contributed by atoms with Crippen LogP contribution in [0.5, 0.6) is 0 Å². The van der Waals surface area contributed by atoms with Gasteiger partial charge in [-0.3, -0.25) is 14.2 Å². The van der Waals surface area contributed by atoms with Crippen LogP contribution in [0, 0.1) is 0 Å². The lowest BCUT2D eigenvalue weighted by molar-refractivity contribution is 0.0919. The van der Waals surface area contributed by atoms with Crippen LogP contribution in [-0.4, -0.2) is 20.3 Å². The van der Waals surface area contributed by atoms with Crippen molar-refractivity contribution in [2.24, 2.45) is 0 Å². The molecule has 1 aliphatic carbocycles. The first kappa shape index (κ1) is 15.8. The number of nitrogens with zero attached hydrogens (tertiary/aromatic N) is 3. The van der Waals surface area contributed by atoms with Crippen molar-refractivity contribution in [1.29, 1.82) is 0 Å². The van der Waals surface area contributed by atoms with Gasteiger partial charge in [-0.25, -0.2) is 4.98 Å². The SMILES string of the molecule is O=C(NC1(c2ccccc2)CC1)c1nc(-c2ccncc2)c2ccccn12. The Bertz CT molecular complexity index is 1110. The number of hydrogen-bond donors (Lipinski definition) is 1. The molecule has 0 spiro atoms. The highest BCUT2D eigenvalue weighted by atomic mass is 16.2. The molecule has 1 saturated carbocycles. The summed E-state index contributed by atoms with van der Waals surface area (Å²) >= 11 is 0. The maximum absolute atomic E-state index is 13.1. The van der Waals surface area contributed by atoms with Crippen LogP contribution >= 0.6 is 0 Å². The molecule has 5 heteroatoms. The molecule has 4 aromatic rings. The number of carbonyl (C=O) groups excluding carboxylic acids is 1. The third kappa shape index (κ3) is 2.68. The first-order valence-corrected chi connectivity index (χ1v) is 9.02. The van der Waals surface area contributed by atoms with Crippen molar-refractivity contribution < 1.29 is 4.79 Å². The molecule has 5 nitrogen and oxygen atoms in total. The summed E-state index contributed by atoms with van der Waals surface area (Å²) in [5.74, 6) is 0.248. The standard InChI is InChI=1S/C22H18N4O/c27-21(25-22(11-12-22)17-6-2-1-3-7-17)20-24-19(16-9-13-23-14-10-16)18-8-4-5-15-26(18)20/h1-10,13-15H,11-12H2,(H,25,27). The van der Waals surface area contributed by atoms with Crippen molar-refractivity contribution in [1.82, 2.24) is 19.7 Å². The molecule has 0 atom stereocenters. The lowest BCUT2D eigenvalue weighted by atomic mass is 10.1. The molecule has 1 aliphatic rings. The molecule has 3 aromatic heterocycles. The predicted octanol–water partition coefficient (Wildman–Crippen LogP) is 3.82. The van der Waals surface area contributed by atoms with Crippen molar-refractivity contribution in [2.45, 2.75) is 18.4 Å². The second-order valence-corrected chi connectivity index (χ2v) is 6.88. The van der Waals surface area contributed by atoms with Gasteiger partial charge in [0.05, 0.1) is 16.7 Å². The number of fused-ring (bicyclic) bond motifs is 1. The van der Waals surface area contributed by atoms with Crippen LogP contribution in [-0.2, 0) is 5.54 Å². The van der Waals surface area contributed by atoms with Crippen molar-refractivity contribution >= 4 is 11.4 Å². The van der Waals surface area contributed by atoms with Gasteiger partial charge in [0, 0.05) is 24.2 Å². The van der Waals surface area contributed by atoms with E-state index in [0.29, 0.717) is 5.82 Å². The van der Waals surface area contributed by atoms with E-state index in [4.69, 9.17) is 0 Å². The fraction of sp³-hybridized carbons (Fsp3) is 0.136. The quantitative estimate of drug-likeness (QED) is 0.606. The van der Waals surface area contributed by atoms with E-state index in [-0.39, 0.29) is 11.4 Å². The first-order valence-electron chi connectivity index (χ1n) is 9.02. The third-order valence-corrected chi connectivity index (χ3v) is 5.13. The van der Waals surface area contributed by atoms with E-state index in [1.54, 1.807) is 12.4 Å². The van der Waals surface area contributed by atoms with Crippen LogP contribution in [0.15, 0.2) is 79.3 Å². The Hall–Kier alpha value is -3.47. The van der Waals surface area contributed by atoms with Crippen LogP contribution < -0.4 is 5.32 Å². The fourth-order valence-corrected chi connectivity index (χ4v) is 3.56. The minimum Gasteiger partial charge on any atom is -0.340 e. The summed E-state index contributed by atoms with van der Waals surface area (Å²) < 4.78 is 1.85. The van der Waals surface area contributed by atoms with Gasteiger partial charge in [-0.2, -0.15) is 0 Å². The molecule has 1 amide bonds. The number of pyridine rings is 2. The van der Waals surface area contributed by atoms with E-state index in [1.165, 1.54) is 0 Å². The van der Waals surface area contributed by atoms with Gasteiger partial charge in [0.15, 0.2) is 0 Å². The number of amides is 1. The Morgan fingerprint density at radius 1 is 0.963 bits per heavy atom. The van der Waals surface area contributed by atoms with Gasteiger partial charge in [0.25, 0.3) is 5.91 Å². The van der Waals surface area contributed by atoms with Gasteiger partial charge in [0.2, 0.25) is 5.82 Å². The highest BCUT2D eigenvalue weighted by Gasteiger charge is 2.46. The molecule has 0 unspecified atom stereocenters. The van der Waals surface area contributed by atoms with E-state index in [9.17, 15) is 4.79 Å². The average molecular weight is 354 g/mol. The van der Waals surface area contributed by atoms with E-state index < -0.39 is 0 Å². The number of hydrogen-bond acceptors (Lipinski definition) is 3. The summed E-state index contributed by atoms with van der Waals surface area (Å²) in [5.41, 5.74) is 3.51. The number of nitrogens with one attached hydrogen (secondary N) is 1. The Morgan fingerprint density at radius 2 is 1.70 bits per heavy atom. The Labute approximate surface area is 156 Å². The molecule has 0 radical (unpaired) electrons. The fourth-order valence-electron chi connectivity index (χ4n) is 3.56. The molecule has 1 aromatic carbocycles. The zero-order valence-corrected chi connectivity index (χ0v) is 14.7. The molecular formula is C22H18N4O. The number of aromatic nitrogens is 3. The summed E-state index contributed by atoms with van der Waals surface area (Å²) in [4.78, 5) is 21.9. The summed E-state index contributed by atoms with van der Waals surface area (Å²) in [6, 6.07) is 19.8. The van der Waals surface area contributed by atoms with E-state index in [0.717, 1.165) is 35.2 Å². The summed E-state index contributed by atoms with van der Waals surface area (Å²) in [7, 11) is 0. The van der Waals surface area contributed by atoms with E-state index in [2.05, 4.69) is 27.4 Å². The van der Waals surface area contributed by atoms with Crippen molar-refractivity contribution in [3.63, 3.8) is 0 Å². The summed E-state index contributed by atoms with van der Waals surface area (Å²) in [6.45, 7) is 0. The topological polar surface area (TPSA) is 59.3 Å². The molecular weight excluding hydrogens is 336 g/mol. The Balaban J connectivity index is 1.55. The first-order chi connectivity index (χ1) is 13.3. The van der Waals surface area contributed by atoms with Crippen molar-refractivity contribution in [3.8, 4) is 11.3 Å². The molecule has 27 heavy (non-hydrogen) atoms. The van der Waals surface area contributed by atoms with Crippen LogP contribution in [0.3, 0.4) is 0 Å². The summed E-state index contributed by atoms with van der Waals surface area (Å²) in [5, 5.41) is 3.22. The van der Waals surface area contributed by atoms with Crippen LogP contribution in [0.2, 0.25) is 0 Å². The minimum absolute atomic E-state index is 0.155. The van der Waals surface area contributed by atoms with Gasteiger partial charge in [0.1, 0.15) is 0 Å². The average Bonchev–Trinajstić information content (AvgIpc) is 3.41. The van der Waals surface area contributed by atoms with E-state index in [1.807, 2.05) is 59.1 Å². The smallest absolute Gasteiger partial charge is 0.288 e. The molecule has 0 bridgehead atoms. The zero-order chi connectivity index (χ0) is 18.3. The van der Waals surface area contributed by atoms with E-state index >= 15 is 0 Å². The molecule has 1 N–H and O–H groups in total. The largest absolute Gasteiger partial charge is 0.340 e. The highest BCUT2D eigenvalue weighted by molar-refractivity contribution is 5.95. The third-order valence-electron chi connectivity index (χ3n) is 5.13. The van der Waals surface area contributed by atoms with Gasteiger partial charge in [-0.05, 0) is 42.7 Å². The maximum atomic E-state index is 13.1. The normalized spacial score (nSPS) is 14.8. The lowest BCUT2D eigenvalue weighted by Crippen LogP contribution is -2.35. The Morgan fingerprint density at radius 3 is 2.44 bits per heavy atom. The van der Waals surface area contributed by atoms with Crippen LogP contribution in [0.25, 0.3) is 16.8 Å². The number of imidazole rings is 1. The number of rotatable bonds is 4. The van der Waals surface area contributed by atoms with Gasteiger partial charge >= 0.3 is 0 Å². The molecule has 0 aliphatic heterocycles. The molecule has 3 heterocycles. The van der Waals surface area contributed by atoms with Gasteiger partial charge < -0.3 is 5.32 Å². The molecule has 0 saturated heterocycles. The van der Waals surface area contributed by atoms with Gasteiger partial charge in [-0.15, -0.1) is 0 Å². The minimum atomic E-state index is -0.268. The van der Waals surface area contributed by atoms with Crippen molar-refractivity contribution in [2.75, 3.05) is 0 Å². The number of benzene rings is 1. The van der Waals surface area contributed by atoms with Gasteiger partial charge in [-0.1, -0.05) is 36.4 Å². The molecule has 5 rings (SSSR count). The van der Waals surface area contributed by atoms with Crippen LogP contribution in [0.1, 0.15) is 29.0 Å². The lowest BCUT2D eigenvalue weighted by Gasteiger charge is -2.17. The second-order valence-electron chi connectivity index (χ2n) is 6.88. The number of carbonyl (C=O) groups is 1. The molecule has 132 valence electrons. The predicted molar refractivity (Wildman–Crippen MR) is 103 cm³/mol. The molecule has 1 fully saturated rings. The maximum Gasteiger partial charge on any atom is 0.288 e. The highest BCUT2D eigenvalue weighted by Crippen LogP contribution is 2.45. The van der Waals surface area contributed by atoms with Crippen molar-refractivity contribution in [3.05, 3.63) is 90.6 Å². The second kappa shape index (κ2) is 6.06.